The maximum absolute atomic E-state index is 12.3. The predicted octanol–water partition coefficient (Wildman–Crippen LogP) is 2.66. The molecule has 0 bridgehead atoms. The molecule has 1 N–H and O–H groups in total. The number of rotatable bonds is 6. The molecule has 0 aliphatic carbocycles. The summed E-state index contributed by atoms with van der Waals surface area (Å²) in [7, 11) is -3.57. The van der Waals surface area contributed by atoms with Gasteiger partial charge in [0.1, 0.15) is 5.75 Å². The summed E-state index contributed by atoms with van der Waals surface area (Å²) in [6.07, 6.45) is 1.68. The van der Waals surface area contributed by atoms with Crippen LogP contribution in [0.4, 0.5) is 0 Å². The molecule has 0 saturated carbocycles. The summed E-state index contributed by atoms with van der Waals surface area (Å²) >= 11 is 0. The Morgan fingerprint density at radius 3 is 2.59 bits per heavy atom. The molecule has 6 heteroatoms. The molecule has 5 nitrogen and oxygen atoms in total. The van der Waals surface area contributed by atoms with Crippen molar-refractivity contribution in [3.05, 3.63) is 53.9 Å². The number of nitrogens with zero attached hydrogens (tertiary/aromatic N) is 1. The topological polar surface area (TPSA) is 68.3 Å². The number of aromatic nitrogens is 1. The van der Waals surface area contributed by atoms with Crippen LogP contribution in [0, 0.1) is 6.92 Å². The SMILES string of the molecule is Cc1cc(S(=O)(=O)NCc2ccccn2)ccc1OC(C)C. The van der Waals surface area contributed by atoms with Crippen LogP contribution >= 0.6 is 0 Å². The minimum Gasteiger partial charge on any atom is -0.491 e. The lowest BCUT2D eigenvalue weighted by molar-refractivity contribution is 0.240. The summed E-state index contributed by atoms with van der Waals surface area (Å²) < 4.78 is 32.8. The zero-order valence-electron chi connectivity index (χ0n) is 12.9. The van der Waals surface area contributed by atoms with Gasteiger partial charge < -0.3 is 4.74 Å². The molecule has 2 rings (SSSR count). The van der Waals surface area contributed by atoms with E-state index in [1.165, 1.54) is 0 Å². The van der Waals surface area contributed by atoms with Gasteiger partial charge in [0.05, 0.1) is 23.2 Å². The third-order valence-electron chi connectivity index (χ3n) is 2.99. The first-order valence-corrected chi connectivity index (χ1v) is 8.53. The van der Waals surface area contributed by atoms with Crippen LogP contribution in [0.25, 0.3) is 0 Å². The van der Waals surface area contributed by atoms with Crippen molar-refractivity contribution in [2.24, 2.45) is 0 Å². The summed E-state index contributed by atoms with van der Waals surface area (Å²) in [5, 5.41) is 0. The van der Waals surface area contributed by atoms with Crippen molar-refractivity contribution in [1.29, 1.82) is 0 Å². The Bertz CT molecular complexity index is 728. The minimum absolute atomic E-state index is 0.0448. The Morgan fingerprint density at radius 2 is 2.00 bits per heavy atom. The lowest BCUT2D eigenvalue weighted by atomic mass is 10.2. The number of aryl methyl sites for hydroxylation is 1. The maximum atomic E-state index is 12.3. The van der Waals surface area contributed by atoms with Crippen LogP contribution < -0.4 is 9.46 Å². The van der Waals surface area contributed by atoms with Crippen molar-refractivity contribution >= 4 is 10.0 Å². The molecule has 2 aromatic rings. The quantitative estimate of drug-likeness (QED) is 0.888. The second kappa shape index (κ2) is 6.89. The second-order valence-corrected chi connectivity index (χ2v) is 7.01. The van der Waals surface area contributed by atoms with E-state index >= 15 is 0 Å². The van der Waals surface area contributed by atoms with Crippen LogP contribution in [0.2, 0.25) is 0 Å². The van der Waals surface area contributed by atoms with E-state index in [4.69, 9.17) is 4.74 Å². The third-order valence-corrected chi connectivity index (χ3v) is 4.39. The van der Waals surface area contributed by atoms with Gasteiger partial charge in [0, 0.05) is 6.20 Å². The standard InChI is InChI=1S/C16H20N2O3S/c1-12(2)21-16-8-7-15(10-13(16)3)22(19,20)18-11-14-6-4-5-9-17-14/h4-10,12,18H,11H2,1-3H3. The fourth-order valence-corrected chi connectivity index (χ4v) is 3.01. The van der Waals surface area contributed by atoms with Crippen molar-refractivity contribution in [1.82, 2.24) is 9.71 Å². The Kier molecular flexibility index (Phi) is 5.15. The first-order chi connectivity index (χ1) is 10.4. The molecule has 0 atom stereocenters. The molecule has 0 unspecified atom stereocenters. The van der Waals surface area contributed by atoms with E-state index in [2.05, 4.69) is 9.71 Å². The van der Waals surface area contributed by atoms with Gasteiger partial charge in [0.2, 0.25) is 10.0 Å². The number of ether oxygens (including phenoxy) is 1. The largest absolute Gasteiger partial charge is 0.491 e. The predicted molar refractivity (Wildman–Crippen MR) is 85.2 cm³/mol. The molecule has 0 fully saturated rings. The summed E-state index contributed by atoms with van der Waals surface area (Å²) in [6, 6.07) is 10.2. The van der Waals surface area contributed by atoms with E-state index in [-0.39, 0.29) is 17.5 Å². The van der Waals surface area contributed by atoms with Gasteiger partial charge in [-0.15, -0.1) is 0 Å². The highest BCUT2D eigenvalue weighted by molar-refractivity contribution is 7.89. The summed E-state index contributed by atoms with van der Waals surface area (Å²) in [5.74, 6) is 0.693. The smallest absolute Gasteiger partial charge is 0.240 e. The minimum atomic E-state index is -3.57. The van der Waals surface area contributed by atoms with Gasteiger partial charge in [0.25, 0.3) is 0 Å². The van der Waals surface area contributed by atoms with Gasteiger partial charge in [-0.05, 0) is 56.7 Å². The molecule has 1 aromatic carbocycles. The number of benzene rings is 1. The number of hydrogen-bond acceptors (Lipinski definition) is 4. The monoisotopic (exact) mass is 320 g/mol. The van der Waals surface area contributed by atoms with Crippen LogP contribution in [-0.4, -0.2) is 19.5 Å². The molecular weight excluding hydrogens is 300 g/mol. The fourth-order valence-electron chi connectivity index (χ4n) is 1.93. The van der Waals surface area contributed by atoms with Gasteiger partial charge in [-0.2, -0.15) is 0 Å². The van der Waals surface area contributed by atoms with Gasteiger partial charge in [-0.3, -0.25) is 4.98 Å². The Morgan fingerprint density at radius 1 is 1.23 bits per heavy atom. The van der Waals surface area contributed by atoms with E-state index < -0.39 is 10.0 Å². The first-order valence-electron chi connectivity index (χ1n) is 7.05. The molecule has 1 aromatic heterocycles. The van der Waals surface area contributed by atoms with E-state index in [0.717, 1.165) is 5.56 Å². The molecular formula is C16H20N2O3S. The highest BCUT2D eigenvalue weighted by atomic mass is 32.2. The number of hydrogen-bond donors (Lipinski definition) is 1. The molecule has 118 valence electrons. The average Bonchev–Trinajstić information content (AvgIpc) is 2.48. The maximum Gasteiger partial charge on any atom is 0.240 e. The highest BCUT2D eigenvalue weighted by Crippen LogP contribution is 2.22. The van der Waals surface area contributed by atoms with Gasteiger partial charge in [0.15, 0.2) is 0 Å². The normalized spacial score (nSPS) is 11.6. The molecule has 1 heterocycles. The van der Waals surface area contributed by atoms with Gasteiger partial charge in [-0.25, -0.2) is 13.1 Å². The molecule has 0 aliphatic rings. The van der Waals surface area contributed by atoms with Crippen LogP contribution in [0.15, 0.2) is 47.5 Å². The van der Waals surface area contributed by atoms with Crippen molar-refractivity contribution in [3.8, 4) is 5.75 Å². The Hall–Kier alpha value is -1.92. The molecule has 0 radical (unpaired) electrons. The number of sulfonamides is 1. The summed E-state index contributed by atoms with van der Waals surface area (Å²) in [5.41, 5.74) is 1.46. The summed E-state index contributed by atoms with van der Waals surface area (Å²) in [6.45, 7) is 5.85. The van der Waals surface area contributed by atoms with Crippen molar-refractivity contribution in [2.45, 2.75) is 38.3 Å². The first kappa shape index (κ1) is 16.5. The second-order valence-electron chi connectivity index (χ2n) is 5.24. The Balaban J connectivity index is 2.14. The van der Waals surface area contributed by atoms with E-state index in [1.54, 1.807) is 36.5 Å². The molecule has 0 aliphatic heterocycles. The highest BCUT2D eigenvalue weighted by Gasteiger charge is 2.15. The van der Waals surface area contributed by atoms with Gasteiger partial charge >= 0.3 is 0 Å². The zero-order chi connectivity index (χ0) is 16.2. The van der Waals surface area contributed by atoms with Crippen molar-refractivity contribution < 1.29 is 13.2 Å². The Labute approximate surface area is 131 Å². The van der Waals surface area contributed by atoms with Crippen molar-refractivity contribution in [3.63, 3.8) is 0 Å². The van der Waals surface area contributed by atoms with Crippen LogP contribution in [0.5, 0.6) is 5.75 Å². The van der Waals surface area contributed by atoms with E-state index in [1.807, 2.05) is 26.8 Å². The number of nitrogens with one attached hydrogen (secondary N) is 1. The van der Waals surface area contributed by atoms with Crippen LogP contribution in [-0.2, 0) is 16.6 Å². The van der Waals surface area contributed by atoms with E-state index in [0.29, 0.717) is 11.4 Å². The number of pyridine rings is 1. The van der Waals surface area contributed by atoms with Crippen molar-refractivity contribution in [2.75, 3.05) is 0 Å². The molecule has 22 heavy (non-hydrogen) atoms. The fraction of sp³-hybridized carbons (Fsp3) is 0.312. The zero-order valence-corrected chi connectivity index (χ0v) is 13.7. The van der Waals surface area contributed by atoms with E-state index in [9.17, 15) is 8.42 Å². The average molecular weight is 320 g/mol. The molecule has 0 spiro atoms. The lowest BCUT2D eigenvalue weighted by Gasteiger charge is -2.13. The van der Waals surface area contributed by atoms with Crippen LogP contribution in [0.1, 0.15) is 25.1 Å². The molecule has 0 saturated heterocycles. The lowest BCUT2D eigenvalue weighted by Crippen LogP contribution is -2.23. The van der Waals surface area contributed by atoms with Crippen LogP contribution in [0.3, 0.4) is 0 Å². The van der Waals surface area contributed by atoms with Gasteiger partial charge in [-0.1, -0.05) is 6.07 Å². The third kappa shape index (κ3) is 4.29. The molecule has 0 amide bonds. The summed E-state index contributed by atoms with van der Waals surface area (Å²) in [4.78, 5) is 4.31.